The van der Waals surface area contributed by atoms with E-state index in [-0.39, 0.29) is 23.3 Å². The summed E-state index contributed by atoms with van der Waals surface area (Å²) in [4.78, 5) is 0.222. The highest BCUT2D eigenvalue weighted by Crippen LogP contribution is 2.28. The molecule has 1 aromatic rings. The predicted molar refractivity (Wildman–Crippen MR) is 88.9 cm³/mol. The monoisotopic (exact) mass is 352 g/mol. The number of nitrogens with zero attached hydrogens (tertiary/aromatic N) is 1. The Morgan fingerprint density at radius 2 is 2.14 bits per heavy atom. The van der Waals surface area contributed by atoms with Crippen molar-refractivity contribution >= 4 is 34.0 Å². The first-order valence-corrected chi connectivity index (χ1v) is 8.77. The van der Waals surface area contributed by atoms with Crippen LogP contribution in [0.4, 0.5) is 0 Å². The van der Waals surface area contributed by atoms with Gasteiger partial charge in [0.25, 0.3) is 0 Å². The van der Waals surface area contributed by atoms with Crippen molar-refractivity contribution in [3.8, 4) is 0 Å². The van der Waals surface area contributed by atoms with Crippen LogP contribution in [0.2, 0.25) is 5.02 Å². The van der Waals surface area contributed by atoms with Crippen molar-refractivity contribution < 1.29 is 8.42 Å². The van der Waals surface area contributed by atoms with Gasteiger partial charge >= 0.3 is 0 Å². The van der Waals surface area contributed by atoms with E-state index in [1.807, 2.05) is 19.9 Å². The zero-order chi connectivity index (χ0) is 14.8. The Bertz CT molecular complexity index is 572. The van der Waals surface area contributed by atoms with Gasteiger partial charge < -0.3 is 5.32 Å². The summed E-state index contributed by atoms with van der Waals surface area (Å²) in [6.45, 7) is 5.96. The molecule has 1 unspecified atom stereocenters. The minimum atomic E-state index is -3.54. The number of aryl methyl sites for hydroxylation is 1. The van der Waals surface area contributed by atoms with E-state index in [1.54, 1.807) is 16.4 Å². The zero-order valence-corrected chi connectivity index (χ0v) is 14.7. The number of halogens is 2. The van der Waals surface area contributed by atoms with E-state index >= 15 is 0 Å². The van der Waals surface area contributed by atoms with Crippen LogP contribution in [-0.4, -0.2) is 38.4 Å². The van der Waals surface area contributed by atoms with Crippen molar-refractivity contribution in [1.82, 2.24) is 9.62 Å². The smallest absolute Gasteiger partial charge is 0.244 e. The van der Waals surface area contributed by atoms with Crippen LogP contribution in [0.25, 0.3) is 0 Å². The Balaban J connectivity index is 0.00000220. The van der Waals surface area contributed by atoms with Gasteiger partial charge in [-0.1, -0.05) is 24.6 Å². The van der Waals surface area contributed by atoms with Gasteiger partial charge in [0.1, 0.15) is 4.90 Å². The molecular weight excluding hydrogens is 331 g/mol. The van der Waals surface area contributed by atoms with E-state index in [0.29, 0.717) is 18.1 Å². The molecule has 2 rings (SSSR count). The molecule has 1 aliphatic rings. The van der Waals surface area contributed by atoms with Gasteiger partial charge in [0.2, 0.25) is 10.0 Å². The zero-order valence-electron chi connectivity index (χ0n) is 12.3. The number of benzene rings is 1. The van der Waals surface area contributed by atoms with Crippen molar-refractivity contribution in [2.45, 2.75) is 37.6 Å². The van der Waals surface area contributed by atoms with Gasteiger partial charge in [-0.15, -0.1) is 12.4 Å². The fourth-order valence-corrected chi connectivity index (χ4v) is 4.85. The Labute approximate surface area is 138 Å². The number of rotatable bonds is 5. The highest BCUT2D eigenvalue weighted by atomic mass is 35.5. The summed E-state index contributed by atoms with van der Waals surface area (Å²) in [7, 11) is -3.54. The standard InChI is InChI=1S/C14H21ClN2O2S.ClH/c1-3-8-17(12-6-7-16-10-12)20(18,19)14-9-11(2)4-5-13(14)15;/h4-5,9,12,16H,3,6-8,10H2,1-2H3;1H. The highest BCUT2D eigenvalue weighted by Gasteiger charge is 2.33. The normalized spacial score (nSPS) is 18.8. The van der Waals surface area contributed by atoms with E-state index in [1.165, 1.54) is 0 Å². The third-order valence-corrected chi connectivity index (χ3v) is 5.99. The van der Waals surface area contributed by atoms with E-state index in [9.17, 15) is 8.42 Å². The molecule has 21 heavy (non-hydrogen) atoms. The summed E-state index contributed by atoms with van der Waals surface area (Å²) in [5.74, 6) is 0. The summed E-state index contributed by atoms with van der Waals surface area (Å²) < 4.78 is 27.4. The molecule has 1 fully saturated rings. The van der Waals surface area contributed by atoms with Crippen molar-refractivity contribution in [3.63, 3.8) is 0 Å². The van der Waals surface area contributed by atoms with Gasteiger partial charge in [0, 0.05) is 19.1 Å². The van der Waals surface area contributed by atoms with Crippen LogP contribution in [0.3, 0.4) is 0 Å². The molecule has 0 bridgehead atoms. The number of sulfonamides is 1. The lowest BCUT2D eigenvalue weighted by atomic mass is 10.2. The third kappa shape index (κ3) is 4.11. The lowest BCUT2D eigenvalue weighted by Gasteiger charge is -2.27. The van der Waals surface area contributed by atoms with Gasteiger partial charge in [-0.25, -0.2) is 8.42 Å². The number of hydrogen-bond acceptors (Lipinski definition) is 3. The quantitative estimate of drug-likeness (QED) is 0.886. The molecule has 1 atom stereocenters. The maximum atomic E-state index is 12.9. The van der Waals surface area contributed by atoms with Crippen molar-refractivity contribution in [1.29, 1.82) is 0 Å². The largest absolute Gasteiger partial charge is 0.315 e. The molecule has 0 aliphatic carbocycles. The Morgan fingerprint density at radius 3 is 2.71 bits per heavy atom. The molecule has 1 heterocycles. The Hall–Kier alpha value is -0.330. The summed E-state index contributed by atoms with van der Waals surface area (Å²) >= 11 is 6.11. The molecule has 0 spiro atoms. The van der Waals surface area contributed by atoms with Crippen molar-refractivity contribution in [2.24, 2.45) is 0 Å². The number of hydrogen-bond donors (Lipinski definition) is 1. The van der Waals surface area contributed by atoms with Crippen LogP contribution in [0.1, 0.15) is 25.3 Å². The molecule has 1 aliphatic heterocycles. The third-order valence-electron chi connectivity index (χ3n) is 3.56. The summed E-state index contributed by atoms with van der Waals surface area (Å²) in [6, 6.07) is 5.16. The van der Waals surface area contributed by atoms with E-state index in [4.69, 9.17) is 11.6 Å². The molecule has 0 aromatic heterocycles. The van der Waals surface area contributed by atoms with Crippen LogP contribution in [-0.2, 0) is 10.0 Å². The first-order chi connectivity index (χ1) is 9.46. The first-order valence-electron chi connectivity index (χ1n) is 6.95. The maximum Gasteiger partial charge on any atom is 0.244 e. The van der Waals surface area contributed by atoms with Crippen molar-refractivity contribution in [2.75, 3.05) is 19.6 Å². The van der Waals surface area contributed by atoms with Crippen LogP contribution in [0.15, 0.2) is 23.1 Å². The predicted octanol–water partition coefficient (Wildman–Crippen LogP) is 2.83. The van der Waals surface area contributed by atoms with Gasteiger partial charge in [0.15, 0.2) is 0 Å². The lowest BCUT2D eigenvalue weighted by molar-refractivity contribution is 0.335. The van der Waals surface area contributed by atoms with Gasteiger partial charge in [-0.05, 0) is 44.0 Å². The van der Waals surface area contributed by atoms with Crippen LogP contribution in [0, 0.1) is 6.92 Å². The molecule has 1 saturated heterocycles. The van der Waals surface area contributed by atoms with E-state index in [2.05, 4.69) is 5.32 Å². The molecule has 0 saturated carbocycles. The summed E-state index contributed by atoms with van der Waals surface area (Å²) in [6.07, 6.45) is 1.64. The van der Waals surface area contributed by atoms with Crippen LogP contribution in [0.5, 0.6) is 0 Å². The summed E-state index contributed by atoms with van der Waals surface area (Å²) in [5, 5.41) is 3.52. The molecule has 0 amide bonds. The summed E-state index contributed by atoms with van der Waals surface area (Å²) in [5.41, 5.74) is 0.897. The fourth-order valence-electron chi connectivity index (χ4n) is 2.54. The molecule has 0 radical (unpaired) electrons. The molecule has 120 valence electrons. The second-order valence-corrected chi connectivity index (χ2v) is 7.46. The Kier molecular flexibility index (Phi) is 6.94. The van der Waals surface area contributed by atoms with E-state index < -0.39 is 10.0 Å². The topological polar surface area (TPSA) is 49.4 Å². The minimum absolute atomic E-state index is 0. The van der Waals surface area contributed by atoms with Crippen molar-refractivity contribution in [3.05, 3.63) is 28.8 Å². The first kappa shape index (κ1) is 18.7. The van der Waals surface area contributed by atoms with Crippen LogP contribution >= 0.6 is 24.0 Å². The van der Waals surface area contributed by atoms with Gasteiger partial charge in [-0.3, -0.25) is 0 Å². The Morgan fingerprint density at radius 1 is 1.43 bits per heavy atom. The number of nitrogens with one attached hydrogen (secondary N) is 1. The van der Waals surface area contributed by atoms with E-state index in [0.717, 1.165) is 24.9 Å². The molecular formula is C14H22Cl2N2O2S. The minimum Gasteiger partial charge on any atom is -0.315 e. The molecule has 4 nitrogen and oxygen atoms in total. The molecule has 1 aromatic carbocycles. The van der Waals surface area contributed by atoms with Gasteiger partial charge in [0.05, 0.1) is 5.02 Å². The molecule has 1 N–H and O–H groups in total. The van der Waals surface area contributed by atoms with Crippen LogP contribution < -0.4 is 5.32 Å². The SMILES string of the molecule is CCCN(C1CCNC1)S(=O)(=O)c1cc(C)ccc1Cl.Cl. The average Bonchev–Trinajstić information content (AvgIpc) is 2.92. The second-order valence-electron chi connectivity index (χ2n) is 5.20. The molecule has 7 heteroatoms. The fraction of sp³-hybridized carbons (Fsp3) is 0.571. The maximum absolute atomic E-state index is 12.9. The lowest BCUT2D eigenvalue weighted by Crippen LogP contribution is -2.42. The van der Waals surface area contributed by atoms with Gasteiger partial charge in [-0.2, -0.15) is 4.31 Å². The highest BCUT2D eigenvalue weighted by molar-refractivity contribution is 7.89. The second kappa shape index (κ2) is 7.79. The average molecular weight is 353 g/mol.